The summed E-state index contributed by atoms with van der Waals surface area (Å²) in [6, 6.07) is 9.99. The van der Waals surface area contributed by atoms with E-state index in [4.69, 9.17) is 0 Å². The lowest BCUT2D eigenvalue weighted by molar-refractivity contribution is -0.130. The molecule has 0 spiro atoms. The first kappa shape index (κ1) is 17.9. The molecule has 0 fully saturated rings. The molecule has 0 saturated heterocycles. The largest absolute Gasteiger partial charge is 0.341 e. The Hall–Kier alpha value is -2.89. The standard InChI is InChI=1S/C20H25N5O/c1-15-19(16(2)24(4)22-15)9-10-20(26)23(3)14-17-7-5-8-18(13-17)25-12-6-11-21-25/h5-8,11-13H,9-10,14H2,1-4H3. The second-order valence-corrected chi connectivity index (χ2v) is 6.64. The van der Waals surface area contributed by atoms with E-state index in [-0.39, 0.29) is 5.91 Å². The molecular weight excluding hydrogens is 326 g/mol. The average molecular weight is 351 g/mol. The molecule has 1 aromatic carbocycles. The third kappa shape index (κ3) is 3.85. The summed E-state index contributed by atoms with van der Waals surface area (Å²) in [4.78, 5) is 14.3. The van der Waals surface area contributed by atoms with E-state index in [1.165, 1.54) is 5.56 Å². The van der Waals surface area contributed by atoms with Gasteiger partial charge in [-0.1, -0.05) is 12.1 Å². The third-order valence-electron chi connectivity index (χ3n) is 4.77. The van der Waals surface area contributed by atoms with Gasteiger partial charge in [0.15, 0.2) is 0 Å². The summed E-state index contributed by atoms with van der Waals surface area (Å²) in [6.07, 6.45) is 4.88. The number of hydrogen-bond donors (Lipinski definition) is 0. The van der Waals surface area contributed by atoms with Crippen molar-refractivity contribution in [3.63, 3.8) is 0 Å². The molecule has 0 unspecified atom stereocenters. The van der Waals surface area contributed by atoms with Gasteiger partial charge in [-0.25, -0.2) is 4.68 Å². The SMILES string of the molecule is Cc1nn(C)c(C)c1CCC(=O)N(C)Cc1cccc(-n2cccn2)c1. The molecule has 3 rings (SSSR count). The van der Waals surface area contributed by atoms with Gasteiger partial charge in [-0.3, -0.25) is 9.48 Å². The Morgan fingerprint density at radius 1 is 1.23 bits per heavy atom. The number of amides is 1. The molecule has 0 saturated carbocycles. The van der Waals surface area contributed by atoms with Crippen molar-refractivity contribution >= 4 is 5.91 Å². The maximum absolute atomic E-state index is 12.5. The summed E-state index contributed by atoms with van der Waals surface area (Å²) in [5.74, 6) is 0.136. The van der Waals surface area contributed by atoms with Gasteiger partial charge in [-0.2, -0.15) is 10.2 Å². The van der Waals surface area contributed by atoms with E-state index in [1.807, 2.05) is 67.8 Å². The van der Waals surface area contributed by atoms with Crippen LogP contribution in [0.2, 0.25) is 0 Å². The maximum Gasteiger partial charge on any atom is 0.222 e. The maximum atomic E-state index is 12.5. The van der Waals surface area contributed by atoms with Crippen molar-refractivity contribution in [3.8, 4) is 5.69 Å². The zero-order valence-corrected chi connectivity index (χ0v) is 15.8. The predicted molar refractivity (Wildman–Crippen MR) is 101 cm³/mol. The zero-order chi connectivity index (χ0) is 18.7. The van der Waals surface area contributed by atoms with Crippen LogP contribution in [-0.2, 0) is 24.8 Å². The molecule has 26 heavy (non-hydrogen) atoms. The fraction of sp³-hybridized carbons (Fsp3) is 0.350. The van der Waals surface area contributed by atoms with Crippen molar-refractivity contribution in [3.05, 3.63) is 65.2 Å². The lowest BCUT2D eigenvalue weighted by atomic mass is 10.1. The molecule has 1 amide bonds. The lowest BCUT2D eigenvalue weighted by Gasteiger charge is -2.18. The number of nitrogens with zero attached hydrogens (tertiary/aromatic N) is 5. The molecule has 0 radical (unpaired) electrons. The topological polar surface area (TPSA) is 56.0 Å². The Morgan fingerprint density at radius 2 is 2.04 bits per heavy atom. The normalized spacial score (nSPS) is 10.9. The molecule has 0 N–H and O–H groups in total. The Labute approximate surface area is 154 Å². The van der Waals surface area contributed by atoms with Crippen LogP contribution in [0.5, 0.6) is 0 Å². The minimum absolute atomic E-state index is 0.136. The molecular formula is C20H25N5O. The van der Waals surface area contributed by atoms with Crippen LogP contribution in [0.4, 0.5) is 0 Å². The average Bonchev–Trinajstić information content (AvgIpc) is 3.23. The summed E-state index contributed by atoms with van der Waals surface area (Å²) < 4.78 is 3.69. The highest BCUT2D eigenvalue weighted by Gasteiger charge is 2.14. The van der Waals surface area contributed by atoms with Gasteiger partial charge in [-0.15, -0.1) is 0 Å². The first-order valence-electron chi connectivity index (χ1n) is 8.77. The summed E-state index contributed by atoms with van der Waals surface area (Å²) in [5, 5.41) is 8.67. The van der Waals surface area contributed by atoms with Crippen LogP contribution in [0.1, 0.15) is 28.9 Å². The van der Waals surface area contributed by atoms with Crippen LogP contribution in [0, 0.1) is 13.8 Å². The smallest absolute Gasteiger partial charge is 0.222 e. The van der Waals surface area contributed by atoms with Gasteiger partial charge in [-0.05, 0) is 49.6 Å². The second kappa shape index (κ2) is 7.56. The molecule has 0 bridgehead atoms. The number of aromatic nitrogens is 4. The molecule has 2 heterocycles. The Balaban J connectivity index is 1.62. The Kier molecular flexibility index (Phi) is 5.21. The van der Waals surface area contributed by atoms with Crippen LogP contribution < -0.4 is 0 Å². The van der Waals surface area contributed by atoms with E-state index >= 15 is 0 Å². The molecule has 6 nitrogen and oxygen atoms in total. The number of benzene rings is 1. The van der Waals surface area contributed by atoms with Gasteiger partial charge >= 0.3 is 0 Å². The molecule has 2 aromatic heterocycles. The molecule has 0 atom stereocenters. The van der Waals surface area contributed by atoms with E-state index in [0.717, 1.165) is 29.1 Å². The first-order chi connectivity index (χ1) is 12.5. The van der Waals surface area contributed by atoms with Crippen molar-refractivity contribution in [2.45, 2.75) is 33.2 Å². The fourth-order valence-corrected chi connectivity index (χ4v) is 3.18. The molecule has 0 aliphatic heterocycles. The Morgan fingerprint density at radius 3 is 2.69 bits per heavy atom. The van der Waals surface area contributed by atoms with Crippen LogP contribution in [0.3, 0.4) is 0 Å². The van der Waals surface area contributed by atoms with E-state index in [9.17, 15) is 4.79 Å². The van der Waals surface area contributed by atoms with Crippen molar-refractivity contribution < 1.29 is 4.79 Å². The number of aryl methyl sites for hydroxylation is 2. The van der Waals surface area contributed by atoms with Crippen LogP contribution >= 0.6 is 0 Å². The monoisotopic (exact) mass is 351 g/mol. The fourth-order valence-electron chi connectivity index (χ4n) is 3.18. The number of carbonyl (C=O) groups is 1. The van der Waals surface area contributed by atoms with Gasteiger partial charge in [0, 0.05) is 45.1 Å². The van der Waals surface area contributed by atoms with Crippen LogP contribution in [-0.4, -0.2) is 37.4 Å². The molecule has 136 valence electrons. The van der Waals surface area contributed by atoms with Crippen LogP contribution in [0.25, 0.3) is 5.69 Å². The van der Waals surface area contributed by atoms with E-state index in [1.54, 1.807) is 11.1 Å². The molecule has 0 aliphatic carbocycles. The van der Waals surface area contributed by atoms with Gasteiger partial charge in [0.25, 0.3) is 0 Å². The minimum atomic E-state index is 0.136. The van der Waals surface area contributed by atoms with E-state index in [2.05, 4.69) is 16.3 Å². The van der Waals surface area contributed by atoms with Crippen molar-refractivity contribution in [2.75, 3.05) is 7.05 Å². The Bertz CT molecular complexity index is 895. The van der Waals surface area contributed by atoms with Crippen molar-refractivity contribution in [1.29, 1.82) is 0 Å². The molecule has 0 aliphatic rings. The third-order valence-corrected chi connectivity index (χ3v) is 4.77. The molecule has 3 aromatic rings. The first-order valence-corrected chi connectivity index (χ1v) is 8.77. The predicted octanol–water partition coefficient (Wildman–Crippen LogP) is 2.81. The summed E-state index contributed by atoms with van der Waals surface area (Å²) in [6.45, 7) is 4.63. The van der Waals surface area contributed by atoms with E-state index in [0.29, 0.717) is 13.0 Å². The highest BCUT2D eigenvalue weighted by Crippen LogP contribution is 2.16. The molecule has 6 heteroatoms. The summed E-state index contributed by atoms with van der Waals surface area (Å²) >= 11 is 0. The lowest BCUT2D eigenvalue weighted by Crippen LogP contribution is -2.26. The number of rotatable bonds is 6. The van der Waals surface area contributed by atoms with Gasteiger partial charge in [0.05, 0.1) is 11.4 Å². The van der Waals surface area contributed by atoms with Gasteiger partial charge in [0.1, 0.15) is 0 Å². The van der Waals surface area contributed by atoms with E-state index < -0.39 is 0 Å². The number of hydrogen-bond acceptors (Lipinski definition) is 3. The van der Waals surface area contributed by atoms with Crippen molar-refractivity contribution in [1.82, 2.24) is 24.5 Å². The second-order valence-electron chi connectivity index (χ2n) is 6.64. The zero-order valence-electron chi connectivity index (χ0n) is 15.8. The van der Waals surface area contributed by atoms with Gasteiger partial charge in [0.2, 0.25) is 5.91 Å². The highest BCUT2D eigenvalue weighted by atomic mass is 16.2. The summed E-state index contributed by atoms with van der Waals surface area (Å²) in [5.41, 5.74) is 5.39. The van der Waals surface area contributed by atoms with Crippen LogP contribution in [0.15, 0.2) is 42.7 Å². The van der Waals surface area contributed by atoms with Crippen molar-refractivity contribution in [2.24, 2.45) is 7.05 Å². The highest BCUT2D eigenvalue weighted by molar-refractivity contribution is 5.76. The summed E-state index contributed by atoms with van der Waals surface area (Å²) in [7, 11) is 3.79. The van der Waals surface area contributed by atoms with Gasteiger partial charge < -0.3 is 4.90 Å². The quantitative estimate of drug-likeness (QED) is 0.686. The number of carbonyl (C=O) groups excluding carboxylic acids is 1. The minimum Gasteiger partial charge on any atom is -0.341 e.